The molecule has 2 rings (SSSR count). The van der Waals surface area contributed by atoms with Gasteiger partial charge in [-0.3, -0.25) is 4.79 Å². The van der Waals surface area contributed by atoms with Gasteiger partial charge < -0.3 is 14.5 Å². The number of aryl methyl sites for hydroxylation is 1. The minimum absolute atomic E-state index is 0.0109. The van der Waals surface area contributed by atoms with E-state index >= 15 is 0 Å². The molecule has 1 saturated heterocycles. The Hall–Kier alpha value is -1.55. The molecule has 0 saturated carbocycles. The van der Waals surface area contributed by atoms with E-state index in [4.69, 9.17) is 4.74 Å². The zero-order valence-electron chi connectivity index (χ0n) is 15.4. The second kappa shape index (κ2) is 6.91. The first-order chi connectivity index (χ1) is 10.7. The molecule has 0 N–H and O–H groups in total. The van der Waals surface area contributed by atoms with Crippen LogP contribution in [-0.2, 0) is 16.6 Å². The molecule has 0 atom stereocenters. The number of piperazine rings is 1. The Kier molecular flexibility index (Phi) is 5.35. The third kappa shape index (κ3) is 4.25. The number of amides is 1. The summed E-state index contributed by atoms with van der Waals surface area (Å²) in [6, 6.07) is 4.25. The molecule has 0 radical (unpaired) electrons. The molecule has 0 aromatic heterocycles. The smallest absolute Gasteiger partial charge is 0.227 e. The maximum atomic E-state index is 12.7. The fourth-order valence-electron chi connectivity index (χ4n) is 3.11. The van der Waals surface area contributed by atoms with Crippen molar-refractivity contribution in [1.29, 1.82) is 0 Å². The fourth-order valence-corrected chi connectivity index (χ4v) is 3.11. The SMILES string of the molecule is COc1c(CC(=O)N2CCN(C)CC2)cc(C)cc1C(C)(C)C. The van der Waals surface area contributed by atoms with Gasteiger partial charge in [-0.05, 0) is 19.4 Å². The molecule has 0 aliphatic carbocycles. The predicted octanol–water partition coefficient (Wildman–Crippen LogP) is 2.62. The van der Waals surface area contributed by atoms with Crippen LogP contribution in [0.25, 0.3) is 0 Å². The largest absolute Gasteiger partial charge is 0.496 e. The third-order valence-electron chi connectivity index (χ3n) is 4.52. The van der Waals surface area contributed by atoms with Gasteiger partial charge in [-0.15, -0.1) is 0 Å². The number of methoxy groups -OCH3 is 1. The molecule has 1 aliphatic rings. The monoisotopic (exact) mass is 318 g/mol. The van der Waals surface area contributed by atoms with Crippen molar-refractivity contribution in [3.63, 3.8) is 0 Å². The highest BCUT2D eigenvalue weighted by Crippen LogP contribution is 2.35. The molecular formula is C19H30N2O2. The Bertz CT molecular complexity index is 567. The first kappa shape index (κ1) is 17.8. The predicted molar refractivity (Wildman–Crippen MR) is 94.2 cm³/mol. The summed E-state index contributed by atoms with van der Waals surface area (Å²) in [6.45, 7) is 12.1. The van der Waals surface area contributed by atoms with Gasteiger partial charge in [0.15, 0.2) is 0 Å². The molecule has 1 amide bonds. The first-order valence-corrected chi connectivity index (χ1v) is 8.36. The number of carbonyl (C=O) groups is 1. The van der Waals surface area contributed by atoms with E-state index in [1.165, 1.54) is 11.1 Å². The highest BCUT2D eigenvalue weighted by atomic mass is 16.5. The van der Waals surface area contributed by atoms with Gasteiger partial charge in [0, 0.05) is 37.3 Å². The normalized spacial score (nSPS) is 16.5. The van der Waals surface area contributed by atoms with E-state index in [-0.39, 0.29) is 11.3 Å². The lowest BCUT2D eigenvalue weighted by Gasteiger charge is -2.33. The van der Waals surface area contributed by atoms with Gasteiger partial charge in [0.25, 0.3) is 0 Å². The van der Waals surface area contributed by atoms with Crippen LogP contribution >= 0.6 is 0 Å². The minimum Gasteiger partial charge on any atom is -0.496 e. The molecule has 1 aromatic rings. The molecule has 1 fully saturated rings. The van der Waals surface area contributed by atoms with Gasteiger partial charge in [0.2, 0.25) is 5.91 Å². The maximum Gasteiger partial charge on any atom is 0.227 e. The van der Waals surface area contributed by atoms with E-state index < -0.39 is 0 Å². The Morgan fingerprint density at radius 3 is 2.30 bits per heavy atom. The summed E-state index contributed by atoms with van der Waals surface area (Å²) < 4.78 is 5.68. The van der Waals surface area contributed by atoms with Crippen LogP contribution in [0, 0.1) is 6.92 Å². The molecule has 0 bridgehead atoms. The van der Waals surface area contributed by atoms with Crippen molar-refractivity contribution in [1.82, 2.24) is 9.80 Å². The molecular weight excluding hydrogens is 288 g/mol. The molecule has 0 spiro atoms. The Morgan fingerprint density at radius 1 is 1.17 bits per heavy atom. The van der Waals surface area contributed by atoms with E-state index in [1.54, 1.807) is 7.11 Å². The third-order valence-corrected chi connectivity index (χ3v) is 4.52. The van der Waals surface area contributed by atoms with Gasteiger partial charge in [-0.2, -0.15) is 0 Å². The van der Waals surface area contributed by atoms with E-state index in [1.807, 2.05) is 4.90 Å². The molecule has 0 unspecified atom stereocenters. The van der Waals surface area contributed by atoms with E-state index in [0.717, 1.165) is 37.5 Å². The van der Waals surface area contributed by atoms with Crippen LogP contribution in [0.15, 0.2) is 12.1 Å². The van der Waals surface area contributed by atoms with Gasteiger partial charge in [0.1, 0.15) is 5.75 Å². The van der Waals surface area contributed by atoms with Crippen LogP contribution in [0.2, 0.25) is 0 Å². The number of hydrogen-bond acceptors (Lipinski definition) is 3. The Balaban J connectivity index is 2.25. The number of rotatable bonds is 3. The second-order valence-corrected chi connectivity index (χ2v) is 7.62. The molecule has 128 valence electrons. The van der Waals surface area contributed by atoms with Crippen LogP contribution in [0.3, 0.4) is 0 Å². The Morgan fingerprint density at radius 2 is 1.78 bits per heavy atom. The van der Waals surface area contributed by atoms with Crippen LogP contribution in [-0.4, -0.2) is 56.0 Å². The van der Waals surface area contributed by atoms with Crippen LogP contribution in [0.4, 0.5) is 0 Å². The highest BCUT2D eigenvalue weighted by molar-refractivity contribution is 5.80. The molecule has 23 heavy (non-hydrogen) atoms. The van der Waals surface area contributed by atoms with Crippen molar-refractivity contribution in [2.24, 2.45) is 0 Å². The van der Waals surface area contributed by atoms with Crippen LogP contribution in [0.1, 0.15) is 37.5 Å². The number of nitrogens with zero attached hydrogens (tertiary/aromatic N) is 2. The summed E-state index contributed by atoms with van der Waals surface area (Å²) in [4.78, 5) is 16.9. The maximum absolute atomic E-state index is 12.7. The second-order valence-electron chi connectivity index (χ2n) is 7.62. The standard InChI is InChI=1S/C19H30N2O2/c1-14-11-15(18(23-6)16(12-14)19(2,3)4)13-17(22)21-9-7-20(5)8-10-21/h11-12H,7-10,13H2,1-6H3. The zero-order valence-corrected chi connectivity index (χ0v) is 15.4. The fraction of sp³-hybridized carbons (Fsp3) is 0.632. The number of benzene rings is 1. The van der Waals surface area contributed by atoms with Crippen molar-refractivity contribution >= 4 is 5.91 Å². The highest BCUT2D eigenvalue weighted by Gasteiger charge is 2.25. The topological polar surface area (TPSA) is 32.8 Å². The number of carbonyl (C=O) groups excluding carboxylic acids is 1. The van der Waals surface area contributed by atoms with Crippen molar-refractivity contribution in [2.45, 2.75) is 39.5 Å². The number of ether oxygens (including phenoxy) is 1. The lowest BCUT2D eigenvalue weighted by Crippen LogP contribution is -2.47. The molecule has 4 nitrogen and oxygen atoms in total. The van der Waals surface area contributed by atoms with Crippen molar-refractivity contribution in [2.75, 3.05) is 40.3 Å². The average Bonchev–Trinajstić information content (AvgIpc) is 2.46. The molecule has 1 heterocycles. The van der Waals surface area contributed by atoms with Crippen molar-refractivity contribution in [3.05, 3.63) is 28.8 Å². The summed E-state index contributed by atoms with van der Waals surface area (Å²) in [5.74, 6) is 1.06. The molecule has 4 heteroatoms. The van der Waals surface area contributed by atoms with E-state index in [0.29, 0.717) is 6.42 Å². The van der Waals surface area contributed by atoms with Gasteiger partial charge >= 0.3 is 0 Å². The number of hydrogen-bond donors (Lipinski definition) is 0. The summed E-state index contributed by atoms with van der Waals surface area (Å²) in [7, 11) is 3.80. The van der Waals surface area contributed by atoms with E-state index in [2.05, 4.69) is 51.8 Å². The van der Waals surface area contributed by atoms with E-state index in [9.17, 15) is 4.79 Å². The molecule has 1 aliphatic heterocycles. The Labute approximate surface area is 140 Å². The molecule has 1 aromatic carbocycles. The average molecular weight is 318 g/mol. The van der Waals surface area contributed by atoms with Crippen LogP contribution in [0.5, 0.6) is 5.75 Å². The first-order valence-electron chi connectivity index (χ1n) is 8.36. The van der Waals surface area contributed by atoms with Gasteiger partial charge in [-0.25, -0.2) is 0 Å². The lowest BCUT2D eigenvalue weighted by atomic mass is 9.83. The summed E-state index contributed by atoms with van der Waals surface area (Å²) in [6.07, 6.45) is 0.414. The van der Waals surface area contributed by atoms with Crippen molar-refractivity contribution in [3.8, 4) is 5.75 Å². The quantitative estimate of drug-likeness (QED) is 0.859. The summed E-state index contributed by atoms with van der Waals surface area (Å²) >= 11 is 0. The van der Waals surface area contributed by atoms with Gasteiger partial charge in [0.05, 0.1) is 13.5 Å². The lowest BCUT2D eigenvalue weighted by molar-refractivity contribution is -0.132. The summed E-state index contributed by atoms with van der Waals surface area (Å²) in [5.41, 5.74) is 3.34. The van der Waals surface area contributed by atoms with Crippen molar-refractivity contribution < 1.29 is 9.53 Å². The van der Waals surface area contributed by atoms with Gasteiger partial charge in [-0.1, -0.05) is 38.5 Å². The minimum atomic E-state index is -0.0109. The van der Waals surface area contributed by atoms with Crippen LogP contribution < -0.4 is 4.74 Å². The number of likely N-dealkylation sites (N-methyl/N-ethyl adjacent to an activating group) is 1. The zero-order chi connectivity index (χ0) is 17.2. The summed E-state index contributed by atoms with van der Waals surface area (Å²) in [5, 5.41) is 0.